The molecule has 0 atom stereocenters. The highest BCUT2D eigenvalue weighted by atomic mass is 32.1. The third-order valence-corrected chi connectivity index (χ3v) is 5.94. The average Bonchev–Trinajstić information content (AvgIpc) is 3.32. The molecule has 0 fully saturated rings. The lowest BCUT2D eigenvalue weighted by Gasteiger charge is -2.22. The molecule has 10 heteroatoms. The van der Waals surface area contributed by atoms with Gasteiger partial charge in [-0.15, -0.1) is 10.2 Å². The van der Waals surface area contributed by atoms with E-state index in [-0.39, 0.29) is 31.2 Å². The maximum absolute atomic E-state index is 12.8. The van der Waals surface area contributed by atoms with E-state index in [4.69, 9.17) is 14.2 Å². The lowest BCUT2D eigenvalue weighted by Crippen LogP contribution is -2.37. The zero-order valence-electron chi connectivity index (χ0n) is 19.4. The van der Waals surface area contributed by atoms with Gasteiger partial charge in [-0.1, -0.05) is 23.5 Å². The third kappa shape index (κ3) is 7.26. The van der Waals surface area contributed by atoms with Gasteiger partial charge in [-0.05, 0) is 42.0 Å². The van der Waals surface area contributed by atoms with E-state index in [1.165, 1.54) is 11.3 Å². The van der Waals surface area contributed by atoms with Crippen molar-refractivity contribution in [3.05, 3.63) is 54.1 Å². The second kappa shape index (κ2) is 12.7. The second-order valence-electron chi connectivity index (χ2n) is 7.34. The normalized spacial score (nSPS) is 10.6. The van der Waals surface area contributed by atoms with Crippen LogP contribution in [-0.4, -0.2) is 67.9 Å². The van der Waals surface area contributed by atoms with Gasteiger partial charge in [0.2, 0.25) is 16.9 Å². The lowest BCUT2D eigenvalue weighted by molar-refractivity contribution is -0.131. The van der Waals surface area contributed by atoms with E-state index >= 15 is 0 Å². The first-order valence-corrected chi connectivity index (χ1v) is 11.5. The van der Waals surface area contributed by atoms with Crippen LogP contribution in [0.3, 0.4) is 0 Å². The summed E-state index contributed by atoms with van der Waals surface area (Å²) >= 11 is 1.28. The van der Waals surface area contributed by atoms with Gasteiger partial charge in [0.1, 0.15) is 16.5 Å². The van der Waals surface area contributed by atoms with Gasteiger partial charge in [-0.2, -0.15) is 0 Å². The van der Waals surface area contributed by atoms with Gasteiger partial charge in [0.15, 0.2) is 0 Å². The fraction of sp³-hybridized carbons (Fsp3) is 0.333. The molecule has 3 aromatic rings. The number of rotatable bonds is 12. The van der Waals surface area contributed by atoms with Crippen LogP contribution in [0.15, 0.2) is 48.5 Å². The van der Waals surface area contributed by atoms with Gasteiger partial charge in [0, 0.05) is 32.2 Å². The second-order valence-corrected chi connectivity index (χ2v) is 8.32. The molecule has 1 aromatic heterocycles. The van der Waals surface area contributed by atoms with Crippen LogP contribution < -0.4 is 14.8 Å². The molecule has 0 bridgehead atoms. The zero-order valence-corrected chi connectivity index (χ0v) is 20.3. The van der Waals surface area contributed by atoms with Crippen molar-refractivity contribution in [1.29, 1.82) is 0 Å². The number of aromatic nitrogens is 2. The summed E-state index contributed by atoms with van der Waals surface area (Å²) in [4.78, 5) is 27.0. The molecule has 0 saturated heterocycles. The Hall–Kier alpha value is -3.50. The van der Waals surface area contributed by atoms with E-state index in [1.807, 2.05) is 48.5 Å². The fourth-order valence-electron chi connectivity index (χ4n) is 3.13. The minimum atomic E-state index is -0.239. The monoisotopic (exact) mass is 484 g/mol. The van der Waals surface area contributed by atoms with Crippen LogP contribution in [0.4, 0.5) is 5.13 Å². The van der Waals surface area contributed by atoms with Crippen LogP contribution in [-0.2, 0) is 20.7 Å². The molecule has 3 rings (SSSR count). The standard InChI is InChI=1S/C24H28N4O5S/c1-31-15-14-28(22(30)16-17-4-8-19(32-2)9-5-17)13-12-21(29)25-24-27-26-23(34-24)18-6-10-20(33-3)11-7-18/h4-11H,12-16H2,1-3H3,(H,25,27,29). The smallest absolute Gasteiger partial charge is 0.227 e. The molecule has 0 aliphatic rings. The van der Waals surface area contributed by atoms with Crippen LogP contribution in [0.2, 0.25) is 0 Å². The summed E-state index contributed by atoms with van der Waals surface area (Å²) < 4.78 is 15.4. The minimum Gasteiger partial charge on any atom is -0.497 e. The molecule has 0 aliphatic heterocycles. The van der Waals surface area contributed by atoms with E-state index in [1.54, 1.807) is 26.2 Å². The molecule has 2 aromatic carbocycles. The SMILES string of the molecule is COCCN(CCC(=O)Nc1nnc(-c2ccc(OC)cc2)s1)C(=O)Cc1ccc(OC)cc1. The summed E-state index contributed by atoms with van der Waals surface area (Å²) in [6.07, 6.45) is 0.368. The number of amides is 2. The number of ether oxygens (including phenoxy) is 3. The van der Waals surface area contributed by atoms with E-state index in [9.17, 15) is 9.59 Å². The molecule has 0 unspecified atom stereocenters. The number of carbonyl (C=O) groups excluding carboxylic acids is 2. The maximum Gasteiger partial charge on any atom is 0.227 e. The summed E-state index contributed by atoms with van der Waals surface area (Å²) in [6.45, 7) is 1.06. The molecule has 180 valence electrons. The Labute approximate surface area is 202 Å². The van der Waals surface area contributed by atoms with Crippen LogP contribution in [0, 0.1) is 0 Å². The Morgan fingerprint density at radius 3 is 2.18 bits per heavy atom. The summed E-state index contributed by atoms with van der Waals surface area (Å²) in [5.41, 5.74) is 1.76. The molecule has 0 aliphatic carbocycles. The molecule has 0 radical (unpaired) electrons. The van der Waals surface area contributed by atoms with Crippen LogP contribution in [0.1, 0.15) is 12.0 Å². The van der Waals surface area contributed by atoms with Gasteiger partial charge in [0.25, 0.3) is 0 Å². The van der Waals surface area contributed by atoms with Crippen molar-refractivity contribution in [3.63, 3.8) is 0 Å². The Bertz CT molecular complexity index is 1070. The fourth-order valence-corrected chi connectivity index (χ4v) is 3.90. The first-order chi connectivity index (χ1) is 16.5. The number of hydrogen-bond acceptors (Lipinski definition) is 8. The molecular weight excluding hydrogens is 456 g/mol. The minimum absolute atomic E-state index is 0.0762. The summed E-state index contributed by atoms with van der Waals surface area (Å²) in [6, 6.07) is 14.8. The van der Waals surface area contributed by atoms with Crippen LogP contribution >= 0.6 is 11.3 Å². The van der Waals surface area contributed by atoms with Crippen molar-refractivity contribution in [2.24, 2.45) is 0 Å². The topological polar surface area (TPSA) is 103 Å². The van der Waals surface area contributed by atoms with E-state index in [2.05, 4.69) is 15.5 Å². The highest BCUT2D eigenvalue weighted by Gasteiger charge is 2.17. The van der Waals surface area contributed by atoms with Crippen molar-refractivity contribution < 1.29 is 23.8 Å². The van der Waals surface area contributed by atoms with Crippen molar-refractivity contribution in [3.8, 4) is 22.1 Å². The number of nitrogens with one attached hydrogen (secondary N) is 1. The highest BCUT2D eigenvalue weighted by molar-refractivity contribution is 7.18. The first kappa shape index (κ1) is 25.1. The van der Waals surface area contributed by atoms with E-state index < -0.39 is 0 Å². The van der Waals surface area contributed by atoms with Crippen molar-refractivity contribution in [1.82, 2.24) is 15.1 Å². The molecule has 1 heterocycles. The van der Waals surface area contributed by atoms with Gasteiger partial charge in [-0.3, -0.25) is 9.59 Å². The van der Waals surface area contributed by atoms with Crippen molar-refractivity contribution in [2.75, 3.05) is 46.3 Å². The first-order valence-electron chi connectivity index (χ1n) is 10.7. The van der Waals surface area contributed by atoms with Crippen molar-refractivity contribution >= 4 is 28.3 Å². The van der Waals surface area contributed by atoms with Crippen molar-refractivity contribution in [2.45, 2.75) is 12.8 Å². The largest absolute Gasteiger partial charge is 0.497 e. The summed E-state index contributed by atoms with van der Waals surface area (Å²) in [5.74, 6) is 1.17. The molecule has 1 N–H and O–H groups in total. The van der Waals surface area contributed by atoms with Gasteiger partial charge in [-0.25, -0.2) is 0 Å². The Morgan fingerprint density at radius 2 is 1.56 bits per heavy atom. The number of methoxy groups -OCH3 is 3. The molecule has 0 spiro atoms. The van der Waals surface area contributed by atoms with Gasteiger partial charge < -0.3 is 24.4 Å². The highest BCUT2D eigenvalue weighted by Crippen LogP contribution is 2.27. The quantitative estimate of drug-likeness (QED) is 0.421. The predicted octanol–water partition coefficient (Wildman–Crippen LogP) is 3.27. The lowest BCUT2D eigenvalue weighted by atomic mass is 10.1. The van der Waals surface area contributed by atoms with Crippen LogP contribution in [0.25, 0.3) is 10.6 Å². The molecule has 0 saturated carbocycles. The Kier molecular flexibility index (Phi) is 9.36. The third-order valence-electron chi connectivity index (χ3n) is 5.05. The number of carbonyl (C=O) groups is 2. The predicted molar refractivity (Wildman–Crippen MR) is 130 cm³/mol. The summed E-state index contributed by atoms with van der Waals surface area (Å²) in [7, 11) is 4.78. The number of benzene rings is 2. The Balaban J connectivity index is 1.54. The number of nitrogens with zero attached hydrogens (tertiary/aromatic N) is 3. The van der Waals surface area contributed by atoms with E-state index in [0.717, 1.165) is 22.6 Å². The molecular formula is C24H28N4O5S. The summed E-state index contributed by atoms with van der Waals surface area (Å²) in [5, 5.41) is 12.1. The van der Waals surface area contributed by atoms with Crippen LogP contribution in [0.5, 0.6) is 11.5 Å². The van der Waals surface area contributed by atoms with E-state index in [0.29, 0.717) is 23.3 Å². The molecule has 34 heavy (non-hydrogen) atoms. The zero-order chi connectivity index (χ0) is 24.3. The maximum atomic E-state index is 12.8. The number of hydrogen-bond donors (Lipinski definition) is 1. The van der Waals surface area contributed by atoms with Gasteiger partial charge >= 0.3 is 0 Å². The Morgan fingerprint density at radius 1 is 0.912 bits per heavy atom. The molecule has 2 amide bonds. The molecule has 9 nitrogen and oxygen atoms in total. The van der Waals surface area contributed by atoms with Gasteiger partial charge in [0.05, 0.1) is 27.2 Å². The average molecular weight is 485 g/mol. The number of anilines is 1.